The van der Waals surface area contributed by atoms with Crippen LogP contribution in [0.15, 0.2) is 12.1 Å². The molecule has 0 bridgehead atoms. The van der Waals surface area contributed by atoms with Crippen LogP contribution in [-0.4, -0.2) is 53.5 Å². The topological polar surface area (TPSA) is 59.7 Å². The van der Waals surface area contributed by atoms with Crippen LogP contribution in [0.3, 0.4) is 0 Å². The van der Waals surface area contributed by atoms with E-state index in [-0.39, 0.29) is 5.17 Å². The molecule has 1 atom stereocenters. The molecule has 0 aliphatic carbocycles. The zero-order valence-electron chi connectivity index (χ0n) is 17.0. The van der Waals surface area contributed by atoms with Gasteiger partial charge in [0.15, 0.2) is 5.17 Å². The first-order valence-electron chi connectivity index (χ1n) is 9.94. The Kier molecular flexibility index (Phi) is 5.03. The SMILES string of the molecule is CCc1nn2c(C)cc(N3CC4(CCNC4)C3)cc2c1N(C)C(=N)SC(C)F. The smallest absolute Gasteiger partial charge is 0.163 e. The summed E-state index contributed by atoms with van der Waals surface area (Å²) in [5.41, 5.74) is 4.42. The molecule has 2 aromatic rings. The van der Waals surface area contributed by atoms with E-state index in [1.54, 1.807) is 4.90 Å². The number of rotatable bonds is 4. The van der Waals surface area contributed by atoms with Gasteiger partial charge in [0.25, 0.3) is 0 Å². The highest BCUT2D eigenvalue weighted by atomic mass is 32.2. The van der Waals surface area contributed by atoms with Gasteiger partial charge in [0.2, 0.25) is 0 Å². The first-order valence-corrected chi connectivity index (χ1v) is 10.8. The number of pyridine rings is 1. The van der Waals surface area contributed by atoms with Crippen molar-refractivity contribution in [1.29, 1.82) is 5.41 Å². The summed E-state index contributed by atoms with van der Waals surface area (Å²) >= 11 is 0.920. The number of amidine groups is 1. The molecule has 1 unspecified atom stereocenters. The zero-order valence-corrected chi connectivity index (χ0v) is 17.9. The van der Waals surface area contributed by atoms with E-state index in [4.69, 9.17) is 10.5 Å². The zero-order chi connectivity index (χ0) is 20.1. The van der Waals surface area contributed by atoms with E-state index in [1.807, 2.05) is 11.6 Å². The average Bonchev–Trinajstić information content (AvgIpc) is 3.24. The highest BCUT2D eigenvalue weighted by Crippen LogP contribution is 2.40. The minimum absolute atomic E-state index is 0.197. The third-order valence-corrected chi connectivity index (χ3v) is 6.76. The van der Waals surface area contributed by atoms with Crippen molar-refractivity contribution < 1.29 is 4.39 Å². The van der Waals surface area contributed by atoms with Gasteiger partial charge in [0, 0.05) is 43.5 Å². The summed E-state index contributed by atoms with van der Waals surface area (Å²) in [7, 11) is 1.83. The van der Waals surface area contributed by atoms with E-state index in [2.05, 4.69) is 36.2 Å². The lowest BCUT2D eigenvalue weighted by Crippen LogP contribution is -2.57. The molecule has 152 valence electrons. The van der Waals surface area contributed by atoms with E-state index in [1.165, 1.54) is 19.0 Å². The van der Waals surface area contributed by atoms with Crippen LogP contribution < -0.4 is 15.1 Å². The number of thioether (sulfide) groups is 1. The van der Waals surface area contributed by atoms with Gasteiger partial charge in [-0.3, -0.25) is 5.41 Å². The minimum Gasteiger partial charge on any atom is -0.370 e. The summed E-state index contributed by atoms with van der Waals surface area (Å²) < 4.78 is 15.4. The van der Waals surface area contributed by atoms with E-state index < -0.39 is 5.50 Å². The van der Waals surface area contributed by atoms with Crippen LogP contribution in [0.2, 0.25) is 0 Å². The van der Waals surface area contributed by atoms with Gasteiger partial charge in [-0.2, -0.15) is 5.10 Å². The molecule has 4 rings (SSSR count). The molecule has 4 heterocycles. The fourth-order valence-corrected chi connectivity index (χ4v) is 5.01. The number of nitrogens with one attached hydrogen (secondary N) is 2. The van der Waals surface area contributed by atoms with Crippen LogP contribution >= 0.6 is 11.8 Å². The van der Waals surface area contributed by atoms with Crippen molar-refractivity contribution in [2.45, 2.75) is 39.1 Å². The Hall–Kier alpha value is -1.80. The van der Waals surface area contributed by atoms with Crippen molar-refractivity contribution >= 4 is 33.8 Å². The lowest BCUT2D eigenvalue weighted by atomic mass is 9.79. The predicted molar refractivity (Wildman–Crippen MR) is 116 cm³/mol. The molecule has 2 N–H and O–H groups in total. The second-order valence-corrected chi connectivity index (χ2v) is 9.38. The number of aromatic nitrogens is 2. The van der Waals surface area contributed by atoms with Crippen LogP contribution in [0.4, 0.5) is 15.8 Å². The molecule has 2 fully saturated rings. The largest absolute Gasteiger partial charge is 0.370 e. The molecule has 2 saturated heterocycles. The lowest BCUT2D eigenvalue weighted by Gasteiger charge is -2.49. The number of anilines is 2. The average molecular weight is 405 g/mol. The van der Waals surface area contributed by atoms with Crippen molar-refractivity contribution in [2.75, 3.05) is 43.0 Å². The quantitative estimate of drug-likeness (QED) is 0.604. The molecular weight excluding hydrogens is 375 g/mol. The molecular formula is C20H29FN6S. The van der Waals surface area contributed by atoms with Gasteiger partial charge in [-0.05, 0) is 45.4 Å². The maximum atomic E-state index is 13.4. The normalized spacial score (nSPS) is 19.2. The fraction of sp³-hybridized carbons (Fsp3) is 0.600. The lowest BCUT2D eigenvalue weighted by molar-refractivity contribution is 0.243. The fourth-order valence-electron chi connectivity index (χ4n) is 4.46. The Morgan fingerprint density at radius 3 is 2.82 bits per heavy atom. The van der Waals surface area contributed by atoms with Gasteiger partial charge in [0.1, 0.15) is 5.50 Å². The number of aryl methyl sites for hydroxylation is 2. The number of fused-ring (bicyclic) bond motifs is 1. The van der Waals surface area contributed by atoms with Gasteiger partial charge in [-0.25, -0.2) is 8.91 Å². The molecule has 0 radical (unpaired) electrons. The van der Waals surface area contributed by atoms with Crippen molar-refractivity contribution in [1.82, 2.24) is 14.9 Å². The number of halogens is 1. The van der Waals surface area contributed by atoms with Crippen molar-refractivity contribution in [2.24, 2.45) is 5.41 Å². The third kappa shape index (κ3) is 3.26. The number of hydrogen-bond acceptors (Lipinski definition) is 5. The molecule has 2 aliphatic heterocycles. The Morgan fingerprint density at radius 1 is 1.46 bits per heavy atom. The number of alkyl halides is 1. The molecule has 8 heteroatoms. The standard InChI is InChI=1S/C20H29FN6S/c1-5-16-18(25(4)19(22)28-14(3)21)17-9-15(8-13(2)27(17)24-16)26-11-20(12-26)6-7-23-10-20/h8-9,14,22-23H,5-7,10-12H2,1-4H3. The molecule has 6 nitrogen and oxygen atoms in total. The van der Waals surface area contributed by atoms with Crippen LogP contribution in [0.5, 0.6) is 0 Å². The monoisotopic (exact) mass is 404 g/mol. The molecule has 0 amide bonds. The van der Waals surface area contributed by atoms with E-state index in [0.717, 1.165) is 67.0 Å². The van der Waals surface area contributed by atoms with Gasteiger partial charge >= 0.3 is 0 Å². The van der Waals surface area contributed by atoms with E-state index >= 15 is 0 Å². The van der Waals surface area contributed by atoms with Crippen LogP contribution in [-0.2, 0) is 6.42 Å². The molecule has 28 heavy (non-hydrogen) atoms. The van der Waals surface area contributed by atoms with Crippen LogP contribution in [0, 0.1) is 17.7 Å². The Bertz CT molecular complexity index is 894. The van der Waals surface area contributed by atoms with E-state index in [9.17, 15) is 4.39 Å². The maximum Gasteiger partial charge on any atom is 0.163 e. The van der Waals surface area contributed by atoms with Gasteiger partial charge < -0.3 is 15.1 Å². The van der Waals surface area contributed by atoms with Crippen molar-refractivity contribution in [3.05, 3.63) is 23.5 Å². The first kappa shape index (κ1) is 19.5. The number of hydrogen-bond donors (Lipinski definition) is 2. The Morgan fingerprint density at radius 2 is 2.21 bits per heavy atom. The third-order valence-electron chi connectivity index (χ3n) is 5.94. The van der Waals surface area contributed by atoms with Gasteiger partial charge in [-0.1, -0.05) is 18.7 Å². The van der Waals surface area contributed by atoms with Crippen molar-refractivity contribution in [3.8, 4) is 0 Å². The predicted octanol–water partition coefficient (Wildman–Crippen LogP) is 3.42. The second kappa shape index (κ2) is 7.22. The summed E-state index contributed by atoms with van der Waals surface area (Å²) in [5.74, 6) is 0. The second-order valence-electron chi connectivity index (χ2n) is 8.11. The highest BCUT2D eigenvalue weighted by molar-refractivity contribution is 8.14. The maximum absolute atomic E-state index is 13.4. The Balaban J connectivity index is 1.70. The summed E-state index contributed by atoms with van der Waals surface area (Å²) in [4.78, 5) is 4.20. The molecule has 2 aromatic heterocycles. The van der Waals surface area contributed by atoms with E-state index in [0.29, 0.717) is 5.41 Å². The summed E-state index contributed by atoms with van der Waals surface area (Å²) in [6.07, 6.45) is 2.01. The summed E-state index contributed by atoms with van der Waals surface area (Å²) in [5, 5.41) is 16.8. The van der Waals surface area contributed by atoms with Crippen molar-refractivity contribution in [3.63, 3.8) is 0 Å². The van der Waals surface area contributed by atoms with Crippen LogP contribution in [0.1, 0.15) is 31.7 Å². The van der Waals surface area contributed by atoms with Gasteiger partial charge in [-0.15, -0.1) is 0 Å². The molecule has 0 saturated carbocycles. The number of nitrogens with zero attached hydrogens (tertiary/aromatic N) is 4. The minimum atomic E-state index is -1.11. The van der Waals surface area contributed by atoms with Crippen LogP contribution in [0.25, 0.3) is 5.52 Å². The highest BCUT2D eigenvalue weighted by Gasteiger charge is 2.45. The van der Waals surface area contributed by atoms with Gasteiger partial charge in [0.05, 0.1) is 16.9 Å². The molecule has 2 aliphatic rings. The molecule has 1 spiro atoms. The summed E-state index contributed by atoms with van der Waals surface area (Å²) in [6, 6.07) is 4.37. The first-order chi connectivity index (χ1) is 13.3. The molecule has 0 aromatic carbocycles. The Labute approximate surface area is 170 Å². The summed E-state index contributed by atoms with van der Waals surface area (Å²) in [6.45, 7) is 10.0.